The molecule has 0 saturated heterocycles. The molecule has 1 unspecified atom stereocenters. The summed E-state index contributed by atoms with van der Waals surface area (Å²) in [6.45, 7) is 1.92. The van der Waals surface area contributed by atoms with E-state index in [1.165, 1.54) is 6.07 Å². The van der Waals surface area contributed by atoms with Crippen LogP contribution in [-0.2, 0) is 12.6 Å². The first-order valence-electron chi connectivity index (χ1n) is 4.59. The Kier molecular flexibility index (Phi) is 3.97. The van der Waals surface area contributed by atoms with Crippen molar-refractivity contribution >= 4 is 11.6 Å². The summed E-state index contributed by atoms with van der Waals surface area (Å²) >= 11 is 5.87. The molecule has 0 saturated carbocycles. The van der Waals surface area contributed by atoms with Crippen molar-refractivity contribution < 1.29 is 13.2 Å². The van der Waals surface area contributed by atoms with E-state index in [1.807, 2.05) is 6.92 Å². The van der Waals surface area contributed by atoms with Crippen molar-refractivity contribution in [2.24, 2.45) is 0 Å². The zero-order valence-corrected chi connectivity index (χ0v) is 8.94. The van der Waals surface area contributed by atoms with E-state index < -0.39 is 11.7 Å². The summed E-state index contributed by atoms with van der Waals surface area (Å²) in [5, 5.41) is -0.0748. The Morgan fingerprint density at radius 1 is 1.40 bits per heavy atom. The summed E-state index contributed by atoms with van der Waals surface area (Å²) in [5.41, 5.74) is -0.140. The molecule has 84 valence electrons. The molecule has 1 heterocycles. The van der Waals surface area contributed by atoms with Crippen LogP contribution in [0.1, 0.15) is 24.6 Å². The van der Waals surface area contributed by atoms with E-state index in [9.17, 15) is 13.2 Å². The van der Waals surface area contributed by atoms with E-state index in [-0.39, 0.29) is 5.38 Å². The molecule has 1 aromatic heterocycles. The molecule has 0 spiro atoms. The van der Waals surface area contributed by atoms with Crippen LogP contribution >= 0.6 is 11.6 Å². The van der Waals surface area contributed by atoms with Crippen LogP contribution in [-0.4, -0.2) is 10.4 Å². The Balaban J connectivity index is 2.73. The van der Waals surface area contributed by atoms with Crippen molar-refractivity contribution in [1.29, 1.82) is 0 Å². The average Bonchev–Trinajstić information content (AvgIpc) is 2.17. The van der Waals surface area contributed by atoms with E-state index >= 15 is 0 Å². The third-order valence-corrected chi connectivity index (χ3v) is 2.49. The first-order chi connectivity index (χ1) is 6.93. The maximum absolute atomic E-state index is 12.2. The van der Waals surface area contributed by atoms with Gasteiger partial charge in [0.15, 0.2) is 0 Å². The number of halogens is 4. The highest BCUT2D eigenvalue weighted by Gasteiger charge is 2.30. The fraction of sp³-hybridized carbons (Fsp3) is 0.500. The van der Waals surface area contributed by atoms with E-state index in [0.29, 0.717) is 12.1 Å². The van der Waals surface area contributed by atoms with Gasteiger partial charge in [-0.3, -0.25) is 4.98 Å². The summed E-state index contributed by atoms with van der Waals surface area (Å²) in [6.07, 6.45) is -2.22. The molecular weight excluding hydrogens is 227 g/mol. The minimum atomic E-state index is -4.32. The molecule has 0 fully saturated rings. The van der Waals surface area contributed by atoms with E-state index in [0.717, 1.165) is 18.7 Å². The van der Waals surface area contributed by atoms with Crippen LogP contribution in [0.25, 0.3) is 0 Å². The van der Waals surface area contributed by atoms with Gasteiger partial charge in [-0.25, -0.2) is 0 Å². The number of pyridine rings is 1. The van der Waals surface area contributed by atoms with Crippen LogP contribution in [0.3, 0.4) is 0 Å². The lowest BCUT2D eigenvalue weighted by Gasteiger charge is -2.08. The van der Waals surface area contributed by atoms with Crippen LogP contribution in [0.2, 0.25) is 0 Å². The Morgan fingerprint density at radius 2 is 2.07 bits per heavy atom. The fourth-order valence-corrected chi connectivity index (χ4v) is 1.24. The summed E-state index contributed by atoms with van der Waals surface area (Å²) in [6, 6.07) is 2.40. The van der Waals surface area contributed by atoms with Gasteiger partial charge < -0.3 is 0 Å². The normalized spacial score (nSPS) is 13.9. The molecule has 0 aliphatic rings. The summed E-state index contributed by atoms with van der Waals surface area (Å²) in [5.74, 6) is 0. The Labute approximate surface area is 91.3 Å². The standard InChI is InChI=1S/C10H11ClF3N/c1-2-8(11)5-9-4-3-7(6-15-9)10(12,13)14/h3-4,6,8H,2,5H2,1H3. The van der Waals surface area contributed by atoms with Crippen LogP contribution in [0.4, 0.5) is 13.2 Å². The lowest BCUT2D eigenvalue weighted by molar-refractivity contribution is -0.137. The Bertz CT molecular complexity index is 307. The minimum Gasteiger partial charge on any atom is -0.261 e. The molecule has 1 rings (SSSR count). The monoisotopic (exact) mass is 237 g/mol. The third-order valence-electron chi connectivity index (χ3n) is 2.03. The van der Waals surface area contributed by atoms with Crippen molar-refractivity contribution in [1.82, 2.24) is 4.98 Å². The maximum Gasteiger partial charge on any atom is 0.417 e. The van der Waals surface area contributed by atoms with Crippen LogP contribution in [0.15, 0.2) is 18.3 Å². The Morgan fingerprint density at radius 3 is 2.47 bits per heavy atom. The minimum absolute atomic E-state index is 0.0748. The lowest BCUT2D eigenvalue weighted by Crippen LogP contribution is -2.08. The van der Waals surface area contributed by atoms with E-state index in [4.69, 9.17) is 11.6 Å². The second kappa shape index (κ2) is 4.84. The number of nitrogens with zero attached hydrogens (tertiary/aromatic N) is 1. The first kappa shape index (κ1) is 12.3. The van der Waals surface area contributed by atoms with Crippen molar-refractivity contribution in [3.63, 3.8) is 0 Å². The first-order valence-corrected chi connectivity index (χ1v) is 5.03. The van der Waals surface area contributed by atoms with Crippen LogP contribution in [0.5, 0.6) is 0 Å². The molecule has 0 aliphatic heterocycles. The van der Waals surface area contributed by atoms with Gasteiger partial charge in [-0.05, 0) is 18.6 Å². The molecule has 0 N–H and O–H groups in total. The van der Waals surface area contributed by atoms with Gasteiger partial charge in [0, 0.05) is 23.7 Å². The van der Waals surface area contributed by atoms with Crippen molar-refractivity contribution in [3.8, 4) is 0 Å². The van der Waals surface area contributed by atoms with Gasteiger partial charge in [-0.15, -0.1) is 11.6 Å². The van der Waals surface area contributed by atoms with Gasteiger partial charge in [0.25, 0.3) is 0 Å². The highest BCUT2D eigenvalue weighted by atomic mass is 35.5. The molecule has 0 amide bonds. The highest BCUT2D eigenvalue weighted by molar-refractivity contribution is 6.20. The fourth-order valence-electron chi connectivity index (χ4n) is 1.08. The predicted molar refractivity (Wildman–Crippen MR) is 52.9 cm³/mol. The molecular formula is C10H11ClF3N. The van der Waals surface area contributed by atoms with Crippen molar-refractivity contribution in [3.05, 3.63) is 29.6 Å². The van der Waals surface area contributed by atoms with Gasteiger partial charge in [0.05, 0.1) is 5.56 Å². The second-order valence-electron chi connectivity index (χ2n) is 3.25. The molecule has 1 aromatic rings. The number of hydrogen-bond acceptors (Lipinski definition) is 1. The highest BCUT2D eigenvalue weighted by Crippen LogP contribution is 2.28. The third kappa shape index (κ3) is 3.70. The van der Waals surface area contributed by atoms with E-state index in [1.54, 1.807) is 0 Å². The summed E-state index contributed by atoms with van der Waals surface area (Å²) in [4.78, 5) is 3.73. The van der Waals surface area contributed by atoms with Gasteiger partial charge >= 0.3 is 6.18 Å². The molecule has 0 aliphatic carbocycles. The molecule has 0 aromatic carbocycles. The van der Waals surface area contributed by atoms with Crippen LogP contribution < -0.4 is 0 Å². The summed E-state index contributed by atoms with van der Waals surface area (Å²) in [7, 11) is 0. The number of hydrogen-bond donors (Lipinski definition) is 0. The zero-order chi connectivity index (χ0) is 11.5. The smallest absolute Gasteiger partial charge is 0.261 e. The maximum atomic E-state index is 12.2. The molecule has 1 atom stereocenters. The molecule has 5 heteroatoms. The SMILES string of the molecule is CCC(Cl)Cc1ccc(C(F)(F)F)cn1. The molecule has 0 bridgehead atoms. The Hall–Kier alpha value is -0.770. The van der Waals surface area contributed by atoms with Gasteiger partial charge in [0.1, 0.15) is 0 Å². The molecule has 1 nitrogen and oxygen atoms in total. The predicted octanol–water partition coefficient (Wildman–Crippen LogP) is 3.66. The summed E-state index contributed by atoms with van der Waals surface area (Å²) < 4.78 is 36.5. The van der Waals surface area contributed by atoms with Gasteiger partial charge in [-0.1, -0.05) is 6.92 Å². The second-order valence-corrected chi connectivity index (χ2v) is 3.86. The van der Waals surface area contributed by atoms with Crippen molar-refractivity contribution in [2.75, 3.05) is 0 Å². The average molecular weight is 238 g/mol. The zero-order valence-electron chi connectivity index (χ0n) is 8.18. The van der Waals surface area contributed by atoms with Gasteiger partial charge in [0.2, 0.25) is 0 Å². The topological polar surface area (TPSA) is 12.9 Å². The van der Waals surface area contributed by atoms with Gasteiger partial charge in [-0.2, -0.15) is 13.2 Å². The molecule has 0 radical (unpaired) electrons. The number of aromatic nitrogens is 1. The largest absolute Gasteiger partial charge is 0.417 e. The number of alkyl halides is 4. The van der Waals surface area contributed by atoms with E-state index in [2.05, 4.69) is 4.98 Å². The molecule has 15 heavy (non-hydrogen) atoms. The van der Waals surface area contributed by atoms with Crippen molar-refractivity contribution in [2.45, 2.75) is 31.3 Å². The van der Waals surface area contributed by atoms with Crippen LogP contribution in [0, 0.1) is 0 Å². The lowest BCUT2D eigenvalue weighted by atomic mass is 10.1. The quantitative estimate of drug-likeness (QED) is 0.731. The number of rotatable bonds is 3.